The van der Waals surface area contributed by atoms with Crippen molar-refractivity contribution in [2.24, 2.45) is 5.92 Å². The summed E-state index contributed by atoms with van der Waals surface area (Å²) in [5.41, 5.74) is 3.48. The van der Waals surface area contributed by atoms with Gasteiger partial charge >= 0.3 is 0 Å². The van der Waals surface area contributed by atoms with Gasteiger partial charge in [0.1, 0.15) is 5.82 Å². The number of anilines is 3. The summed E-state index contributed by atoms with van der Waals surface area (Å²) in [7, 11) is 0. The lowest BCUT2D eigenvalue weighted by atomic mass is 10.1. The van der Waals surface area contributed by atoms with Gasteiger partial charge in [-0.1, -0.05) is 32.6 Å². The van der Waals surface area contributed by atoms with Crippen LogP contribution in [-0.2, 0) is 16.1 Å². The highest BCUT2D eigenvalue weighted by molar-refractivity contribution is 7.15. The summed E-state index contributed by atoms with van der Waals surface area (Å²) >= 11 is 1.58. The smallest absolute Gasteiger partial charge is 0.247 e. The summed E-state index contributed by atoms with van der Waals surface area (Å²) in [5, 5.41) is 6.94. The van der Waals surface area contributed by atoms with Crippen molar-refractivity contribution in [1.82, 2.24) is 19.8 Å². The largest absolute Gasteiger partial charge is 0.340 e. The average molecular weight is 505 g/mol. The first kappa shape index (κ1) is 25.5. The van der Waals surface area contributed by atoms with Crippen LogP contribution < -0.4 is 10.6 Å². The molecule has 0 unspecified atom stereocenters. The maximum Gasteiger partial charge on any atom is 0.247 e. The quantitative estimate of drug-likeness (QED) is 0.433. The van der Waals surface area contributed by atoms with Crippen LogP contribution in [0.15, 0.2) is 55.3 Å². The highest BCUT2D eigenvalue weighted by Gasteiger charge is 2.23. The molecule has 9 heteroatoms. The molecule has 0 bridgehead atoms. The molecule has 0 aliphatic carbocycles. The Labute approximate surface area is 216 Å². The van der Waals surface area contributed by atoms with Gasteiger partial charge in [-0.15, -0.1) is 11.3 Å². The van der Waals surface area contributed by atoms with Gasteiger partial charge in [0, 0.05) is 61.0 Å². The summed E-state index contributed by atoms with van der Waals surface area (Å²) in [6, 6.07) is 11.7. The van der Waals surface area contributed by atoms with Gasteiger partial charge in [0.15, 0.2) is 5.13 Å². The fourth-order valence-corrected chi connectivity index (χ4v) is 4.78. The van der Waals surface area contributed by atoms with Crippen LogP contribution in [0, 0.1) is 12.8 Å². The second kappa shape index (κ2) is 11.5. The molecular formula is C27H32N6O2S. The van der Waals surface area contributed by atoms with Crippen molar-refractivity contribution in [3.05, 3.63) is 65.7 Å². The lowest BCUT2D eigenvalue weighted by Crippen LogP contribution is -2.49. The van der Waals surface area contributed by atoms with Gasteiger partial charge in [-0.3, -0.25) is 14.5 Å². The van der Waals surface area contributed by atoms with Gasteiger partial charge < -0.3 is 15.5 Å². The fourth-order valence-electron chi connectivity index (χ4n) is 4.11. The van der Waals surface area contributed by atoms with Crippen molar-refractivity contribution < 1.29 is 9.59 Å². The maximum absolute atomic E-state index is 12.4. The van der Waals surface area contributed by atoms with Gasteiger partial charge in [-0.2, -0.15) is 0 Å². The molecule has 1 aliphatic heterocycles. The number of rotatable bonds is 8. The topological polar surface area (TPSA) is 90.5 Å². The lowest BCUT2D eigenvalue weighted by molar-refractivity contribution is -0.136. The van der Waals surface area contributed by atoms with Crippen LogP contribution in [0.3, 0.4) is 0 Å². The van der Waals surface area contributed by atoms with E-state index in [2.05, 4.69) is 39.2 Å². The van der Waals surface area contributed by atoms with Crippen molar-refractivity contribution in [3.63, 3.8) is 0 Å². The number of carbonyl (C=O) groups excluding carboxylic acids is 2. The molecule has 1 aromatic carbocycles. The van der Waals surface area contributed by atoms with Gasteiger partial charge in [0.25, 0.3) is 0 Å². The molecule has 1 aliphatic rings. The molecule has 2 amide bonds. The number of piperazine rings is 1. The van der Waals surface area contributed by atoms with Crippen molar-refractivity contribution in [3.8, 4) is 11.3 Å². The molecule has 0 radical (unpaired) electrons. The van der Waals surface area contributed by atoms with E-state index in [-0.39, 0.29) is 17.7 Å². The predicted molar refractivity (Wildman–Crippen MR) is 145 cm³/mol. The number of nitrogens with zero attached hydrogens (tertiary/aromatic N) is 4. The molecule has 188 valence electrons. The SMILES string of the molecule is C=CC(=O)Nc1cccc(-c2cc(CN3CCN(C(=O)C(C)C)CC3)cc(Nc3ncc(C)s3)n2)c1. The van der Waals surface area contributed by atoms with E-state index in [1.165, 1.54) is 6.08 Å². The predicted octanol–water partition coefficient (Wildman–Crippen LogP) is 4.68. The van der Waals surface area contributed by atoms with E-state index in [0.717, 1.165) is 59.6 Å². The van der Waals surface area contributed by atoms with E-state index in [4.69, 9.17) is 4.98 Å². The molecule has 3 aromatic rings. The first-order chi connectivity index (χ1) is 17.3. The van der Waals surface area contributed by atoms with Crippen LogP contribution in [0.5, 0.6) is 0 Å². The number of pyridine rings is 1. The van der Waals surface area contributed by atoms with Crippen LogP contribution in [0.4, 0.5) is 16.6 Å². The number of amides is 2. The van der Waals surface area contributed by atoms with Crippen LogP contribution in [0.2, 0.25) is 0 Å². The van der Waals surface area contributed by atoms with E-state index in [1.807, 2.05) is 56.1 Å². The van der Waals surface area contributed by atoms with Gasteiger partial charge in [0.2, 0.25) is 11.8 Å². The van der Waals surface area contributed by atoms with Gasteiger partial charge in [-0.25, -0.2) is 9.97 Å². The molecule has 8 nitrogen and oxygen atoms in total. The molecule has 0 spiro atoms. The molecule has 1 fully saturated rings. The minimum atomic E-state index is -0.259. The number of hydrogen-bond acceptors (Lipinski definition) is 7. The fraction of sp³-hybridized carbons (Fsp3) is 0.333. The molecule has 1 saturated heterocycles. The van der Waals surface area contributed by atoms with Crippen molar-refractivity contribution in [1.29, 1.82) is 0 Å². The van der Waals surface area contributed by atoms with Crippen molar-refractivity contribution in [2.45, 2.75) is 27.3 Å². The molecule has 36 heavy (non-hydrogen) atoms. The van der Waals surface area contributed by atoms with E-state index >= 15 is 0 Å². The number of benzene rings is 1. The minimum absolute atomic E-state index is 0.0227. The summed E-state index contributed by atoms with van der Waals surface area (Å²) in [6.45, 7) is 13.3. The number of aryl methyl sites for hydroxylation is 1. The number of thiazole rings is 1. The third kappa shape index (κ3) is 6.56. The molecule has 3 heterocycles. The lowest BCUT2D eigenvalue weighted by Gasteiger charge is -2.35. The zero-order valence-electron chi connectivity index (χ0n) is 21.0. The van der Waals surface area contributed by atoms with Crippen LogP contribution in [0.1, 0.15) is 24.3 Å². The van der Waals surface area contributed by atoms with E-state index in [0.29, 0.717) is 11.5 Å². The number of carbonyl (C=O) groups is 2. The monoisotopic (exact) mass is 504 g/mol. The second-order valence-electron chi connectivity index (χ2n) is 9.18. The molecule has 0 atom stereocenters. The first-order valence-electron chi connectivity index (χ1n) is 12.1. The summed E-state index contributed by atoms with van der Waals surface area (Å²) < 4.78 is 0. The summed E-state index contributed by atoms with van der Waals surface area (Å²) in [5.74, 6) is 0.695. The molecule has 2 aromatic heterocycles. The second-order valence-corrected chi connectivity index (χ2v) is 10.4. The third-order valence-corrected chi connectivity index (χ3v) is 6.76. The Morgan fingerprint density at radius 3 is 2.61 bits per heavy atom. The minimum Gasteiger partial charge on any atom is -0.340 e. The number of hydrogen-bond donors (Lipinski definition) is 2. The summed E-state index contributed by atoms with van der Waals surface area (Å²) in [6.07, 6.45) is 3.08. The summed E-state index contributed by atoms with van der Waals surface area (Å²) in [4.78, 5) is 38.8. The highest BCUT2D eigenvalue weighted by Crippen LogP contribution is 2.27. The van der Waals surface area contributed by atoms with Crippen LogP contribution in [-0.4, -0.2) is 57.8 Å². The Kier molecular flexibility index (Phi) is 8.12. The molecule has 0 saturated carbocycles. The van der Waals surface area contributed by atoms with Crippen molar-refractivity contribution in [2.75, 3.05) is 36.8 Å². The molecule has 4 rings (SSSR count). The van der Waals surface area contributed by atoms with Crippen LogP contribution in [0.25, 0.3) is 11.3 Å². The van der Waals surface area contributed by atoms with Crippen LogP contribution >= 0.6 is 11.3 Å². The Morgan fingerprint density at radius 2 is 1.94 bits per heavy atom. The number of nitrogens with one attached hydrogen (secondary N) is 2. The van der Waals surface area contributed by atoms with Gasteiger partial charge in [0.05, 0.1) is 5.69 Å². The Morgan fingerprint density at radius 1 is 1.17 bits per heavy atom. The normalized spacial score (nSPS) is 14.1. The molecule has 2 N–H and O–H groups in total. The van der Waals surface area contributed by atoms with Crippen molar-refractivity contribution >= 4 is 39.8 Å². The van der Waals surface area contributed by atoms with E-state index in [1.54, 1.807) is 11.3 Å². The Balaban J connectivity index is 1.57. The first-order valence-corrected chi connectivity index (χ1v) is 12.9. The number of aromatic nitrogens is 2. The Hall–Kier alpha value is -3.56. The Bertz CT molecular complexity index is 1250. The van der Waals surface area contributed by atoms with E-state index in [9.17, 15) is 9.59 Å². The standard InChI is InChI=1S/C27H32N6O2S/c1-5-25(34)29-22-8-6-7-21(15-22)23-13-20(14-24(30-23)31-27-28-16-19(4)36-27)17-32-9-11-33(12-10-32)26(35)18(2)3/h5-8,13-16,18H,1,9-12,17H2,2-4H3,(H,29,34)(H,28,30,31). The van der Waals surface area contributed by atoms with Gasteiger partial charge in [-0.05, 0) is 42.8 Å². The zero-order chi connectivity index (χ0) is 25.7. The molecular weight excluding hydrogens is 472 g/mol. The van der Waals surface area contributed by atoms with E-state index < -0.39 is 0 Å². The average Bonchev–Trinajstić information content (AvgIpc) is 3.28. The zero-order valence-corrected chi connectivity index (χ0v) is 21.8. The third-order valence-electron chi connectivity index (χ3n) is 5.94. The maximum atomic E-state index is 12.4. The highest BCUT2D eigenvalue weighted by atomic mass is 32.1.